The molecule has 1 heterocycles. The average molecular weight is 241 g/mol. The van der Waals surface area contributed by atoms with Crippen LogP contribution < -0.4 is 0 Å². The van der Waals surface area contributed by atoms with Crippen molar-refractivity contribution in [3.05, 3.63) is 0 Å². The fraction of sp³-hybridized carbons (Fsp3) is 1.00. The van der Waals surface area contributed by atoms with Crippen molar-refractivity contribution in [3.63, 3.8) is 0 Å². The Hall–Kier alpha value is -0.0800. The van der Waals surface area contributed by atoms with Crippen molar-refractivity contribution in [1.29, 1.82) is 0 Å². The second-order valence-electron chi connectivity index (χ2n) is 7.72. The Balaban J connectivity index is 2.71. The predicted molar refractivity (Wildman–Crippen MR) is 74.3 cm³/mol. The van der Waals surface area contributed by atoms with Crippen LogP contribution in [0.2, 0.25) is 0 Å². The summed E-state index contributed by atoms with van der Waals surface area (Å²) in [6.07, 6.45) is 1.23. The van der Waals surface area contributed by atoms with Crippen LogP contribution in [0.25, 0.3) is 0 Å². The van der Waals surface area contributed by atoms with Crippen LogP contribution in [0.5, 0.6) is 0 Å². The van der Waals surface area contributed by atoms with Gasteiger partial charge in [-0.05, 0) is 31.1 Å². The van der Waals surface area contributed by atoms with E-state index in [2.05, 4.69) is 53.4 Å². The number of morpholine rings is 1. The van der Waals surface area contributed by atoms with E-state index in [1.807, 2.05) is 0 Å². The van der Waals surface area contributed by atoms with Crippen LogP contribution in [0.1, 0.15) is 54.9 Å². The molecule has 0 aromatic carbocycles. The molecular formula is C15H31NO. The van der Waals surface area contributed by atoms with Gasteiger partial charge in [0.15, 0.2) is 0 Å². The maximum atomic E-state index is 5.45. The van der Waals surface area contributed by atoms with Gasteiger partial charge in [0.1, 0.15) is 0 Å². The summed E-state index contributed by atoms with van der Waals surface area (Å²) in [7, 11) is 0. The predicted octanol–water partition coefficient (Wildman–Crippen LogP) is 3.56. The first-order chi connectivity index (χ1) is 7.56. The fourth-order valence-corrected chi connectivity index (χ4v) is 2.63. The van der Waals surface area contributed by atoms with Crippen LogP contribution in [0, 0.1) is 10.8 Å². The highest BCUT2D eigenvalue weighted by molar-refractivity contribution is 4.93. The third-order valence-electron chi connectivity index (χ3n) is 4.77. The molecule has 1 aliphatic heterocycles. The minimum Gasteiger partial charge on any atom is -0.379 e. The van der Waals surface area contributed by atoms with Crippen molar-refractivity contribution in [1.82, 2.24) is 4.90 Å². The lowest BCUT2D eigenvalue weighted by Crippen LogP contribution is -2.53. The van der Waals surface area contributed by atoms with Gasteiger partial charge in [-0.1, -0.05) is 34.6 Å². The summed E-state index contributed by atoms with van der Waals surface area (Å²) < 4.78 is 5.45. The van der Waals surface area contributed by atoms with Gasteiger partial charge in [0.2, 0.25) is 0 Å². The first-order valence-corrected chi connectivity index (χ1v) is 6.89. The van der Waals surface area contributed by atoms with E-state index in [0.29, 0.717) is 10.8 Å². The van der Waals surface area contributed by atoms with Gasteiger partial charge < -0.3 is 4.74 Å². The van der Waals surface area contributed by atoms with E-state index < -0.39 is 0 Å². The molecule has 1 fully saturated rings. The summed E-state index contributed by atoms with van der Waals surface area (Å²) in [5.74, 6) is 0. The van der Waals surface area contributed by atoms with E-state index in [9.17, 15) is 0 Å². The number of nitrogens with zero attached hydrogens (tertiary/aromatic N) is 1. The third-order valence-corrected chi connectivity index (χ3v) is 4.77. The van der Waals surface area contributed by atoms with Crippen molar-refractivity contribution in [2.24, 2.45) is 10.8 Å². The van der Waals surface area contributed by atoms with Gasteiger partial charge in [-0.25, -0.2) is 0 Å². The molecule has 1 rings (SSSR count). The molecule has 0 bridgehead atoms. The van der Waals surface area contributed by atoms with E-state index >= 15 is 0 Å². The minimum atomic E-state index is 0.264. The number of rotatable bonds is 3. The molecule has 0 aromatic rings. The number of hydrogen-bond donors (Lipinski definition) is 0. The Morgan fingerprint density at radius 1 is 0.882 bits per heavy atom. The van der Waals surface area contributed by atoms with Crippen molar-refractivity contribution in [2.75, 3.05) is 26.3 Å². The second-order valence-corrected chi connectivity index (χ2v) is 7.72. The molecule has 102 valence electrons. The van der Waals surface area contributed by atoms with E-state index in [4.69, 9.17) is 4.74 Å². The summed E-state index contributed by atoms with van der Waals surface area (Å²) in [5, 5.41) is 0. The minimum absolute atomic E-state index is 0.264. The van der Waals surface area contributed by atoms with Gasteiger partial charge in [-0.2, -0.15) is 0 Å². The van der Waals surface area contributed by atoms with Crippen molar-refractivity contribution in [2.45, 2.75) is 60.4 Å². The summed E-state index contributed by atoms with van der Waals surface area (Å²) in [6.45, 7) is 20.5. The zero-order chi connectivity index (χ0) is 13.3. The van der Waals surface area contributed by atoms with Crippen molar-refractivity contribution in [3.8, 4) is 0 Å². The number of ether oxygens (including phenoxy) is 1. The maximum Gasteiger partial charge on any atom is 0.0594 e. The molecule has 0 aromatic heterocycles. The van der Waals surface area contributed by atoms with Crippen LogP contribution in [0.4, 0.5) is 0 Å². The molecule has 0 spiro atoms. The van der Waals surface area contributed by atoms with Crippen LogP contribution in [-0.2, 0) is 4.74 Å². The Morgan fingerprint density at radius 3 is 1.76 bits per heavy atom. The summed E-state index contributed by atoms with van der Waals surface area (Å²) in [6, 6.07) is 0. The molecule has 0 N–H and O–H groups in total. The van der Waals surface area contributed by atoms with Gasteiger partial charge in [-0.3, -0.25) is 4.90 Å². The SMILES string of the molecule is CC(C)(CC(C)(C)C(C)(C)C)N1CCOCC1. The monoisotopic (exact) mass is 241 g/mol. The Labute approximate surface area is 108 Å². The Morgan fingerprint density at radius 2 is 1.35 bits per heavy atom. The lowest BCUT2D eigenvalue weighted by Gasteiger charge is -2.49. The third kappa shape index (κ3) is 3.69. The zero-order valence-corrected chi connectivity index (χ0v) is 12.9. The summed E-state index contributed by atoms with van der Waals surface area (Å²) in [4.78, 5) is 2.59. The maximum absolute atomic E-state index is 5.45. The summed E-state index contributed by atoms with van der Waals surface area (Å²) in [5.41, 5.74) is 0.950. The normalized spacial score (nSPS) is 20.6. The molecule has 17 heavy (non-hydrogen) atoms. The molecule has 0 unspecified atom stereocenters. The topological polar surface area (TPSA) is 12.5 Å². The average Bonchev–Trinajstić information content (AvgIpc) is 2.15. The van der Waals surface area contributed by atoms with E-state index in [-0.39, 0.29) is 5.54 Å². The molecule has 1 aliphatic rings. The van der Waals surface area contributed by atoms with Gasteiger partial charge in [-0.15, -0.1) is 0 Å². The van der Waals surface area contributed by atoms with E-state index in [1.54, 1.807) is 0 Å². The highest BCUT2D eigenvalue weighted by atomic mass is 16.5. The molecule has 0 amide bonds. The number of hydrogen-bond acceptors (Lipinski definition) is 2. The Kier molecular flexibility index (Phi) is 4.31. The Bertz CT molecular complexity index is 244. The van der Waals surface area contributed by atoms with Crippen LogP contribution in [-0.4, -0.2) is 36.7 Å². The zero-order valence-electron chi connectivity index (χ0n) is 12.9. The van der Waals surface area contributed by atoms with Gasteiger partial charge in [0.05, 0.1) is 13.2 Å². The second kappa shape index (κ2) is 4.89. The van der Waals surface area contributed by atoms with Gasteiger partial charge >= 0.3 is 0 Å². The summed E-state index contributed by atoms with van der Waals surface area (Å²) >= 11 is 0. The van der Waals surface area contributed by atoms with Gasteiger partial charge in [0.25, 0.3) is 0 Å². The lowest BCUT2D eigenvalue weighted by molar-refractivity contribution is -0.0388. The first kappa shape index (κ1) is 15.0. The van der Waals surface area contributed by atoms with Crippen LogP contribution >= 0.6 is 0 Å². The molecule has 0 aliphatic carbocycles. The molecular weight excluding hydrogens is 210 g/mol. The highest BCUT2D eigenvalue weighted by Crippen LogP contribution is 2.45. The van der Waals surface area contributed by atoms with Crippen molar-refractivity contribution < 1.29 is 4.74 Å². The lowest BCUT2D eigenvalue weighted by atomic mass is 9.64. The highest BCUT2D eigenvalue weighted by Gasteiger charge is 2.40. The largest absolute Gasteiger partial charge is 0.379 e. The van der Waals surface area contributed by atoms with Crippen LogP contribution in [0.3, 0.4) is 0 Å². The molecule has 0 saturated carbocycles. The quantitative estimate of drug-likeness (QED) is 0.749. The van der Waals surface area contributed by atoms with E-state index in [1.165, 1.54) is 6.42 Å². The fourth-order valence-electron chi connectivity index (χ4n) is 2.63. The molecule has 2 heteroatoms. The molecule has 2 nitrogen and oxygen atoms in total. The van der Waals surface area contributed by atoms with Gasteiger partial charge in [0, 0.05) is 18.6 Å². The first-order valence-electron chi connectivity index (χ1n) is 6.89. The molecule has 0 atom stereocenters. The van der Waals surface area contributed by atoms with E-state index in [0.717, 1.165) is 26.3 Å². The molecule has 1 saturated heterocycles. The smallest absolute Gasteiger partial charge is 0.0594 e. The standard InChI is InChI=1S/C15H31NO/c1-13(2,3)14(4,5)12-15(6,7)16-8-10-17-11-9-16/h8-12H2,1-7H3. The van der Waals surface area contributed by atoms with Crippen molar-refractivity contribution >= 4 is 0 Å². The van der Waals surface area contributed by atoms with Crippen LogP contribution in [0.15, 0.2) is 0 Å². The molecule has 0 radical (unpaired) electrons.